The van der Waals surface area contributed by atoms with Crippen molar-refractivity contribution in [3.05, 3.63) is 18.0 Å². The first kappa shape index (κ1) is 18.0. The molecule has 0 aliphatic heterocycles. The summed E-state index contributed by atoms with van der Waals surface area (Å²) in [6.07, 6.45) is 3.05. The van der Waals surface area contributed by atoms with Gasteiger partial charge in [0, 0.05) is 36.2 Å². The van der Waals surface area contributed by atoms with Crippen molar-refractivity contribution in [3.8, 4) is 0 Å². The summed E-state index contributed by atoms with van der Waals surface area (Å²) < 4.78 is 46.1. The average Bonchev–Trinajstić information content (AvgIpc) is 2.71. The molecule has 1 amide bonds. The predicted molar refractivity (Wildman–Crippen MR) is 79.8 cm³/mol. The Morgan fingerprint density at radius 3 is 2.43 bits per heavy atom. The summed E-state index contributed by atoms with van der Waals surface area (Å²) >= 11 is 0. The van der Waals surface area contributed by atoms with E-state index in [1.807, 2.05) is 6.92 Å². The van der Waals surface area contributed by atoms with E-state index in [4.69, 9.17) is 10.7 Å². The lowest BCUT2D eigenvalue weighted by molar-refractivity contribution is 0.0946. The first-order valence-electron chi connectivity index (χ1n) is 6.15. The average molecular weight is 357 g/mol. The molecular weight excluding hydrogens is 340 g/mol. The number of aryl methyl sites for hydroxylation is 1. The van der Waals surface area contributed by atoms with Crippen LogP contribution in [0.1, 0.15) is 23.8 Å². The number of aromatic nitrogens is 1. The van der Waals surface area contributed by atoms with Gasteiger partial charge in [-0.25, -0.2) is 16.8 Å². The van der Waals surface area contributed by atoms with Crippen LogP contribution in [0, 0.1) is 0 Å². The SMILES string of the molecule is CCCn1cc(S(=O)(=O)Cl)cc1C(=O)NCCS(C)(=O)=O. The summed E-state index contributed by atoms with van der Waals surface area (Å²) in [7, 11) is -1.84. The highest BCUT2D eigenvalue weighted by molar-refractivity contribution is 8.13. The molecule has 0 aromatic carbocycles. The van der Waals surface area contributed by atoms with Gasteiger partial charge in [-0.2, -0.15) is 0 Å². The van der Waals surface area contributed by atoms with Crippen LogP contribution in [0.4, 0.5) is 0 Å². The van der Waals surface area contributed by atoms with Crippen LogP contribution >= 0.6 is 10.7 Å². The minimum atomic E-state index is -3.92. The van der Waals surface area contributed by atoms with Crippen LogP contribution < -0.4 is 5.32 Å². The van der Waals surface area contributed by atoms with Crippen molar-refractivity contribution in [2.75, 3.05) is 18.6 Å². The second-order valence-corrected chi connectivity index (χ2v) is 9.40. The highest BCUT2D eigenvalue weighted by atomic mass is 35.7. The molecular formula is C11H17ClN2O5S2. The standard InChI is InChI=1S/C11H17ClN2O5S2/c1-3-5-14-8-9(21(12,18)19)7-10(14)11(15)13-4-6-20(2,16)17/h7-8H,3-6H2,1-2H3,(H,13,15). The van der Waals surface area contributed by atoms with Gasteiger partial charge in [0.2, 0.25) is 0 Å². The fourth-order valence-electron chi connectivity index (χ4n) is 1.67. The molecule has 0 aliphatic rings. The van der Waals surface area contributed by atoms with E-state index in [9.17, 15) is 21.6 Å². The molecule has 21 heavy (non-hydrogen) atoms. The number of halogens is 1. The molecule has 1 N–H and O–H groups in total. The summed E-state index contributed by atoms with van der Waals surface area (Å²) in [6.45, 7) is 2.28. The number of carbonyl (C=O) groups excluding carboxylic acids is 1. The van der Waals surface area contributed by atoms with Crippen molar-refractivity contribution in [1.29, 1.82) is 0 Å². The fourth-order valence-corrected chi connectivity index (χ4v) is 2.91. The molecule has 0 unspecified atom stereocenters. The van der Waals surface area contributed by atoms with E-state index in [-0.39, 0.29) is 22.9 Å². The summed E-state index contributed by atoms with van der Waals surface area (Å²) in [5, 5.41) is 2.44. The van der Waals surface area contributed by atoms with Crippen LogP contribution in [-0.2, 0) is 25.4 Å². The van der Waals surface area contributed by atoms with Crippen LogP contribution in [0.3, 0.4) is 0 Å². The number of hydrogen-bond acceptors (Lipinski definition) is 5. The van der Waals surface area contributed by atoms with Gasteiger partial charge < -0.3 is 9.88 Å². The number of rotatable bonds is 7. The van der Waals surface area contributed by atoms with Crippen molar-refractivity contribution >= 4 is 35.5 Å². The first-order chi connectivity index (χ1) is 9.54. The normalized spacial score (nSPS) is 12.3. The Morgan fingerprint density at radius 1 is 1.33 bits per heavy atom. The first-order valence-corrected chi connectivity index (χ1v) is 10.5. The largest absolute Gasteiger partial charge is 0.350 e. The van der Waals surface area contributed by atoms with E-state index in [1.165, 1.54) is 16.8 Å². The topological polar surface area (TPSA) is 102 Å². The monoisotopic (exact) mass is 356 g/mol. The summed E-state index contributed by atoms with van der Waals surface area (Å²) in [5.74, 6) is -0.730. The second kappa shape index (κ2) is 6.80. The molecule has 0 radical (unpaired) electrons. The zero-order chi connectivity index (χ0) is 16.3. The maximum Gasteiger partial charge on any atom is 0.267 e. The minimum Gasteiger partial charge on any atom is -0.350 e. The van der Waals surface area contributed by atoms with E-state index < -0.39 is 24.8 Å². The van der Waals surface area contributed by atoms with E-state index in [0.717, 1.165) is 6.26 Å². The molecule has 0 fully saturated rings. The molecule has 7 nitrogen and oxygen atoms in total. The molecule has 0 aliphatic carbocycles. The summed E-state index contributed by atoms with van der Waals surface area (Å²) in [4.78, 5) is 11.8. The molecule has 1 heterocycles. The van der Waals surface area contributed by atoms with Crippen molar-refractivity contribution in [3.63, 3.8) is 0 Å². The number of nitrogens with one attached hydrogen (secondary N) is 1. The molecule has 120 valence electrons. The molecule has 1 aromatic rings. The molecule has 0 saturated heterocycles. The second-order valence-electron chi connectivity index (χ2n) is 4.58. The van der Waals surface area contributed by atoms with Gasteiger partial charge >= 0.3 is 0 Å². The Balaban J connectivity index is 2.94. The van der Waals surface area contributed by atoms with Crippen molar-refractivity contribution in [1.82, 2.24) is 9.88 Å². The lowest BCUT2D eigenvalue weighted by Crippen LogP contribution is -2.30. The third kappa shape index (κ3) is 5.68. The molecule has 0 spiro atoms. The van der Waals surface area contributed by atoms with E-state index >= 15 is 0 Å². The van der Waals surface area contributed by atoms with Crippen LogP contribution in [-0.4, -0.2) is 45.9 Å². The Morgan fingerprint density at radius 2 is 1.95 bits per heavy atom. The maximum atomic E-state index is 12.0. The maximum absolute atomic E-state index is 12.0. The van der Waals surface area contributed by atoms with Gasteiger partial charge in [0.15, 0.2) is 0 Å². The smallest absolute Gasteiger partial charge is 0.267 e. The van der Waals surface area contributed by atoms with Gasteiger partial charge in [0.25, 0.3) is 15.0 Å². The zero-order valence-electron chi connectivity index (χ0n) is 11.7. The Hall–Kier alpha value is -1.06. The lowest BCUT2D eigenvalue weighted by Gasteiger charge is -2.08. The number of hydrogen-bond donors (Lipinski definition) is 1. The molecule has 1 aromatic heterocycles. The molecule has 0 saturated carbocycles. The Labute approximate surface area is 128 Å². The number of nitrogens with zero attached hydrogens (tertiary/aromatic N) is 1. The van der Waals surface area contributed by atoms with Gasteiger partial charge in [-0.1, -0.05) is 6.92 Å². The van der Waals surface area contributed by atoms with E-state index in [0.29, 0.717) is 13.0 Å². The lowest BCUT2D eigenvalue weighted by atomic mass is 10.4. The van der Waals surface area contributed by atoms with E-state index in [1.54, 1.807) is 0 Å². The number of amides is 1. The summed E-state index contributed by atoms with van der Waals surface area (Å²) in [5.41, 5.74) is 0.129. The molecule has 1 rings (SSSR count). The quantitative estimate of drug-likeness (QED) is 0.721. The van der Waals surface area contributed by atoms with Crippen LogP contribution in [0.2, 0.25) is 0 Å². The third-order valence-electron chi connectivity index (χ3n) is 2.61. The van der Waals surface area contributed by atoms with Crippen LogP contribution in [0.5, 0.6) is 0 Å². The van der Waals surface area contributed by atoms with Gasteiger partial charge in [0.1, 0.15) is 20.4 Å². The Bertz CT molecular complexity index is 722. The highest BCUT2D eigenvalue weighted by Crippen LogP contribution is 2.19. The predicted octanol–water partition coefficient (Wildman–Crippen LogP) is 0.600. The van der Waals surface area contributed by atoms with Crippen LogP contribution in [0.15, 0.2) is 17.2 Å². The fraction of sp³-hybridized carbons (Fsp3) is 0.545. The van der Waals surface area contributed by atoms with Crippen molar-refractivity contribution in [2.24, 2.45) is 0 Å². The summed E-state index contributed by atoms with van der Waals surface area (Å²) in [6, 6.07) is 1.17. The van der Waals surface area contributed by atoms with Crippen molar-refractivity contribution < 1.29 is 21.6 Å². The zero-order valence-corrected chi connectivity index (χ0v) is 14.1. The molecule has 0 bridgehead atoms. The van der Waals surface area contributed by atoms with Gasteiger partial charge in [-0.15, -0.1) is 0 Å². The molecule has 0 atom stereocenters. The third-order valence-corrected chi connectivity index (χ3v) is 4.88. The highest BCUT2D eigenvalue weighted by Gasteiger charge is 2.19. The van der Waals surface area contributed by atoms with Crippen LogP contribution in [0.25, 0.3) is 0 Å². The van der Waals surface area contributed by atoms with Crippen molar-refractivity contribution in [2.45, 2.75) is 24.8 Å². The van der Waals surface area contributed by atoms with E-state index in [2.05, 4.69) is 5.32 Å². The Kier molecular flexibility index (Phi) is 5.83. The molecule has 10 heteroatoms. The van der Waals surface area contributed by atoms with Gasteiger partial charge in [-0.3, -0.25) is 4.79 Å². The number of sulfone groups is 1. The minimum absolute atomic E-state index is 0.0437. The van der Waals surface area contributed by atoms with Gasteiger partial charge in [0.05, 0.1) is 5.75 Å². The van der Waals surface area contributed by atoms with Gasteiger partial charge in [-0.05, 0) is 12.5 Å². The number of carbonyl (C=O) groups is 1.